The number of pyridine rings is 1. The topological polar surface area (TPSA) is 54.3 Å². The Morgan fingerprint density at radius 3 is 2.19 bits per heavy atom. The van der Waals surface area contributed by atoms with Crippen LogP contribution in [0.5, 0.6) is 0 Å². The van der Waals surface area contributed by atoms with Crippen LogP contribution in [0.1, 0.15) is 26.3 Å². The zero-order valence-electron chi connectivity index (χ0n) is 18.9. The van der Waals surface area contributed by atoms with Gasteiger partial charge in [-0.05, 0) is 39.8 Å². The van der Waals surface area contributed by atoms with E-state index in [0.29, 0.717) is 0 Å². The van der Waals surface area contributed by atoms with Crippen molar-refractivity contribution in [1.29, 1.82) is 0 Å². The number of hydrogen-bond acceptors (Lipinski definition) is 4. The van der Waals surface area contributed by atoms with E-state index in [2.05, 4.69) is 61.8 Å². The van der Waals surface area contributed by atoms with E-state index >= 15 is 0 Å². The second kappa shape index (κ2) is 8.63. The van der Waals surface area contributed by atoms with Crippen LogP contribution in [0.2, 0.25) is 0 Å². The van der Waals surface area contributed by atoms with Gasteiger partial charge in [0.2, 0.25) is 5.91 Å². The minimum Gasteiger partial charge on any atom is -0.339 e. The third-order valence-electron chi connectivity index (χ3n) is 6.00. The van der Waals surface area contributed by atoms with E-state index in [1.54, 1.807) is 18.7 Å². The van der Waals surface area contributed by atoms with Gasteiger partial charge in [0.25, 0.3) is 0 Å². The van der Waals surface area contributed by atoms with E-state index in [1.165, 1.54) is 5.56 Å². The smallest absolute Gasteiger partial charge is 0.242 e. The average molecular weight is 418 g/mol. The molecule has 6 nitrogen and oxygen atoms in total. The molecule has 6 heteroatoms. The van der Waals surface area contributed by atoms with Crippen LogP contribution in [0.25, 0.3) is 22.5 Å². The molecule has 0 N–H and O–H groups in total. The molecule has 1 aromatic carbocycles. The molecular formula is C25H31N5O. The van der Waals surface area contributed by atoms with Crippen molar-refractivity contribution in [3.63, 3.8) is 0 Å². The Kier molecular flexibility index (Phi) is 5.92. The van der Waals surface area contributed by atoms with Crippen LogP contribution in [0, 0.1) is 6.92 Å². The number of carbonyl (C=O) groups is 1. The number of rotatable bonds is 4. The summed E-state index contributed by atoms with van der Waals surface area (Å²) >= 11 is 0. The molecule has 1 aliphatic heterocycles. The minimum atomic E-state index is 0.136. The quantitative estimate of drug-likeness (QED) is 0.647. The molecule has 1 fully saturated rings. The maximum atomic E-state index is 13.1. The van der Waals surface area contributed by atoms with Crippen molar-refractivity contribution in [2.75, 3.05) is 26.2 Å². The molecule has 31 heavy (non-hydrogen) atoms. The molecule has 162 valence electrons. The van der Waals surface area contributed by atoms with E-state index < -0.39 is 0 Å². The van der Waals surface area contributed by atoms with Crippen molar-refractivity contribution in [2.45, 2.75) is 39.8 Å². The van der Waals surface area contributed by atoms with Gasteiger partial charge >= 0.3 is 0 Å². The van der Waals surface area contributed by atoms with Gasteiger partial charge in [-0.2, -0.15) is 0 Å². The first-order valence-electron chi connectivity index (χ1n) is 10.9. The number of aromatic nitrogens is 3. The van der Waals surface area contributed by atoms with Crippen LogP contribution in [-0.2, 0) is 11.3 Å². The molecule has 0 saturated carbocycles. The lowest BCUT2D eigenvalue weighted by Crippen LogP contribution is -2.55. The molecule has 1 amide bonds. The molecular weight excluding hydrogens is 386 g/mol. The van der Waals surface area contributed by atoms with E-state index in [9.17, 15) is 4.79 Å². The number of benzene rings is 1. The average Bonchev–Trinajstić information content (AvgIpc) is 3.17. The van der Waals surface area contributed by atoms with Gasteiger partial charge in [-0.1, -0.05) is 29.8 Å². The Balaban J connectivity index is 1.59. The molecule has 0 unspecified atom stereocenters. The fourth-order valence-electron chi connectivity index (χ4n) is 4.11. The lowest BCUT2D eigenvalue weighted by molar-refractivity contribution is -0.134. The first-order chi connectivity index (χ1) is 14.8. The Morgan fingerprint density at radius 2 is 1.58 bits per heavy atom. The molecule has 3 heterocycles. The molecule has 4 rings (SSSR count). The summed E-state index contributed by atoms with van der Waals surface area (Å²) in [6, 6.07) is 12.3. The largest absolute Gasteiger partial charge is 0.339 e. The molecule has 0 radical (unpaired) electrons. The minimum absolute atomic E-state index is 0.136. The van der Waals surface area contributed by atoms with Crippen LogP contribution < -0.4 is 0 Å². The van der Waals surface area contributed by atoms with Crippen LogP contribution >= 0.6 is 0 Å². The monoisotopic (exact) mass is 417 g/mol. The van der Waals surface area contributed by atoms with Crippen molar-refractivity contribution < 1.29 is 4.79 Å². The summed E-state index contributed by atoms with van der Waals surface area (Å²) in [6.07, 6.45) is 5.34. The number of hydrogen-bond donors (Lipinski definition) is 0. The lowest BCUT2D eigenvalue weighted by Gasteiger charge is -2.42. The number of amides is 1. The highest BCUT2D eigenvalue weighted by Gasteiger charge is 2.28. The van der Waals surface area contributed by atoms with Gasteiger partial charge in [0.05, 0.1) is 17.7 Å². The number of nitrogens with zero attached hydrogens (tertiary/aromatic N) is 5. The predicted molar refractivity (Wildman–Crippen MR) is 124 cm³/mol. The number of piperazine rings is 1. The van der Waals surface area contributed by atoms with Gasteiger partial charge in [-0.3, -0.25) is 14.7 Å². The predicted octanol–water partition coefficient (Wildman–Crippen LogP) is 3.86. The van der Waals surface area contributed by atoms with Gasteiger partial charge in [0, 0.05) is 55.2 Å². The maximum absolute atomic E-state index is 13.1. The van der Waals surface area contributed by atoms with Gasteiger partial charge < -0.3 is 9.47 Å². The Morgan fingerprint density at radius 1 is 0.935 bits per heavy atom. The Bertz CT molecular complexity index is 1030. The zero-order valence-corrected chi connectivity index (χ0v) is 18.9. The first kappa shape index (κ1) is 21.2. The van der Waals surface area contributed by atoms with Crippen molar-refractivity contribution in [1.82, 2.24) is 24.3 Å². The number of aryl methyl sites for hydroxylation is 1. The zero-order chi connectivity index (χ0) is 22.0. The summed E-state index contributed by atoms with van der Waals surface area (Å²) in [5.74, 6) is 0.136. The Labute approximate surface area is 184 Å². The van der Waals surface area contributed by atoms with Crippen molar-refractivity contribution >= 4 is 5.91 Å². The molecule has 0 spiro atoms. The highest BCUT2D eigenvalue weighted by molar-refractivity contribution is 5.81. The molecule has 2 aromatic heterocycles. The SMILES string of the molecule is Cc1ccc(-c2ncn(CC(=O)N3CCN(C(C)(C)C)CC3)c2-c2ccncc2)cc1. The highest BCUT2D eigenvalue weighted by atomic mass is 16.2. The van der Waals surface area contributed by atoms with Gasteiger partial charge in [-0.15, -0.1) is 0 Å². The normalized spacial score (nSPS) is 15.3. The highest BCUT2D eigenvalue weighted by Crippen LogP contribution is 2.31. The molecule has 0 bridgehead atoms. The standard InChI is InChI=1S/C25H31N5O/c1-19-5-7-20(8-6-19)23-24(21-9-11-26-12-10-21)29(18-27-23)17-22(31)28-13-15-30(16-14-28)25(2,3)4/h5-12,18H,13-17H2,1-4H3. The van der Waals surface area contributed by atoms with E-state index in [1.807, 2.05) is 21.6 Å². The molecule has 1 aliphatic rings. The number of carbonyl (C=O) groups excluding carboxylic acids is 1. The summed E-state index contributed by atoms with van der Waals surface area (Å²) in [6.45, 7) is 12.4. The van der Waals surface area contributed by atoms with E-state index in [4.69, 9.17) is 4.98 Å². The van der Waals surface area contributed by atoms with Crippen molar-refractivity contribution in [2.24, 2.45) is 0 Å². The second-order valence-electron chi connectivity index (χ2n) is 9.21. The summed E-state index contributed by atoms with van der Waals surface area (Å²) in [5, 5.41) is 0. The number of imidazole rings is 1. The van der Waals surface area contributed by atoms with Crippen molar-refractivity contribution in [3.05, 3.63) is 60.7 Å². The fourth-order valence-corrected chi connectivity index (χ4v) is 4.11. The summed E-state index contributed by atoms with van der Waals surface area (Å²) < 4.78 is 1.98. The van der Waals surface area contributed by atoms with Gasteiger partial charge in [-0.25, -0.2) is 4.98 Å². The molecule has 1 saturated heterocycles. The fraction of sp³-hybridized carbons (Fsp3) is 0.400. The Hall–Kier alpha value is -2.99. The summed E-state index contributed by atoms with van der Waals surface area (Å²) in [4.78, 5) is 26.4. The third-order valence-corrected chi connectivity index (χ3v) is 6.00. The van der Waals surface area contributed by atoms with Crippen LogP contribution in [0.15, 0.2) is 55.1 Å². The second-order valence-corrected chi connectivity index (χ2v) is 9.21. The lowest BCUT2D eigenvalue weighted by atomic mass is 10.0. The first-order valence-corrected chi connectivity index (χ1v) is 10.9. The van der Waals surface area contributed by atoms with Gasteiger partial charge in [0.1, 0.15) is 6.54 Å². The molecule has 0 aliphatic carbocycles. The van der Waals surface area contributed by atoms with Crippen LogP contribution in [0.4, 0.5) is 0 Å². The van der Waals surface area contributed by atoms with Crippen LogP contribution in [0.3, 0.4) is 0 Å². The van der Waals surface area contributed by atoms with Crippen LogP contribution in [-0.4, -0.2) is 62.0 Å². The summed E-state index contributed by atoms with van der Waals surface area (Å²) in [7, 11) is 0. The summed E-state index contributed by atoms with van der Waals surface area (Å²) in [5.41, 5.74) is 5.23. The molecule has 3 aromatic rings. The van der Waals surface area contributed by atoms with Crippen molar-refractivity contribution in [3.8, 4) is 22.5 Å². The maximum Gasteiger partial charge on any atom is 0.242 e. The van der Waals surface area contributed by atoms with Gasteiger partial charge in [0.15, 0.2) is 0 Å². The molecule has 0 atom stereocenters. The van der Waals surface area contributed by atoms with E-state index in [0.717, 1.165) is 48.7 Å². The third kappa shape index (κ3) is 4.69. The van der Waals surface area contributed by atoms with E-state index in [-0.39, 0.29) is 18.0 Å².